The van der Waals surface area contributed by atoms with Gasteiger partial charge in [0.1, 0.15) is 12.6 Å². The Hall–Kier alpha value is -1.22. The summed E-state index contributed by atoms with van der Waals surface area (Å²) in [4.78, 5) is 11.8. The van der Waals surface area contributed by atoms with Crippen LogP contribution in [-0.4, -0.2) is 18.6 Å². The number of hydrogen-bond acceptors (Lipinski definition) is 3. The highest BCUT2D eigenvalue weighted by atomic mass is 35.5. The number of carbonyl (C=O) groups is 1. The van der Waals surface area contributed by atoms with Crippen molar-refractivity contribution in [3.8, 4) is 0 Å². The molecule has 0 saturated heterocycles. The lowest BCUT2D eigenvalue weighted by Crippen LogP contribution is -2.30. The van der Waals surface area contributed by atoms with E-state index in [4.69, 9.17) is 16.3 Å². The van der Waals surface area contributed by atoms with Crippen molar-refractivity contribution in [3.63, 3.8) is 0 Å². The van der Waals surface area contributed by atoms with Crippen molar-refractivity contribution in [1.29, 1.82) is 0 Å². The van der Waals surface area contributed by atoms with Gasteiger partial charge in [-0.1, -0.05) is 25.4 Å². The van der Waals surface area contributed by atoms with Crippen LogP contribution in [0.2, 0.25) is 5.02 Å². The van der Waals surface area contributed by atoms with Crippen LogP contribution in [0.25, 0.3) is 0 Å². The molecular formula is C16H22ClNO2. The molecule has 3 atom stereocenters. The molecule has 1 N–H and O–H groups in total. The first kappa shape index (κ1) is 15.2. The third-order valence-corrected chi connectivity index (χ3v) is 4.38. The molecule has 0 amide bonds. The summed E-state index contributed by atoms with van der Waals surface area (Å²) in [6, 6.07) is 7.28. The zero-order valence-electron chi connectivity index (χ0n) is 12.1. The van der Waals surface area contributed by atoms with Crippen molar-refractivity contribution in [1.82, 2.24) is 0 Å². The fourth-order valence-electron chi connectivity index (χ4n) is 2.57. The quantitative estimate of drug-likeness (QED) is 0.849. The SMILES string of the molecule is CC1CCC(OC(=O)CNc2ccc(Cl)cc2)CC1C. The predicted molar refractivity (Wildman–Crippen MR) is 82.0 cm³/mol. The van der Waals surface area contributed by atoms with Gasteiger partial charge in [-0.3, -0.25) is 4.79 Å². The van der Waals surface area contributed by atoms with E-state index >= 15 is 0 Å². The van der Waals surface area contributed by atoms with Crippen LogP contribution < -0.4 is 5.32 Å². The number of esters is 1. The Morgan fingerprint density at radius 3 is 2.60 bits per heavy atom. The molecule has 3 unspecified atom stereocenters. The third kappa shape index (κ3) is 4.41. The molecule has 20 heavy (non-hydrogen) atoms. The highest BCUT2D eigenvalue weighted by Gasteiger charge is 2.26. The summed E-state index contributed by atoms with van der Waals surface area (Å²) in [5.74, 6) is 1.18. The molecule has 0 aliphatic heterocycles. The fraction of sp³-hybridized carbons (Fsp3) is 0.562. The Bertz CT molecular complexity index is 446. The topological polar surface area (TPSA) is 38.3 Å². The molecule has 1 fully saturated rings. The van der Waals surface area contributed by atoms with Gasteiger partial charge in [-0.2, -0.15) is 0 Å². The van der Waals surface area contributed by atoms with Gasteiger partial charge in [0.15, 0.2) is 0 Å². The van der Waals surface area contributed by atoms with Gasteiger partial charge >= 0.3 is 5.97 Å². The van der Waals surface area contributed by atoms with E-state index in [1.165, 1.54) is 0 Å². The Morgan fingerprint density at radius 2 is 1.95 bits per heavy atom. The van der Waals surface area contributed by atoms with Gasteiger partial charge in [-0.05, 0) is 55.4 Å². The number of anilines is 1. The summed E-state index contributed by atoms with van der Waals surface area (Å²) in [7, 11) is 0. The Morgan fingerprint density at radius 1 is 1.25 bits per heavy atom. The molecule has 1 aliphatic rings. The second-order valence-corrected chi connectivity index (χ2v) is 6.18. The van der Waals surface area contributed by atoms with Crippen LogP contribution in [0.15, 0.2) is 24.3 Å². The minimum atomic E-state index is -0.188. The van der Waals surface area contributed by atoms with Gasteiger partial charge in [0.05, 0.1) is 0 Å². The molecule has 4 heteroatoms. The van der Waals surface area contributed by atoms with Gasteiger partial charge < -0.3 is 10.1 Å². The van der Waals surface area contributed by atoms with Crippen LogP contribution >= 0.6 is 11.6 Å². The van der Waals surface area contributed by atoms with E-state index in [1.54, 1.807) is 12.1 Å². The molecule has 1 aromatic rings. The highest BCUT2D eigenvalue weighted by molar-refractivity contribution is 6.30. The van der Waals surface area contributed by atoms with Crippen LogP contribution in [0.3, 0.4) is 0 Å². The van der Waals surface area contributed by atoms with Crippen molar-refractivity contribution in [2.45, 2.75) is 39.2 Å². The Balaban J connectivity index is 1.74. The number of carbonyl (C=O) groups excluding carboxylic acids is 1. The van der Waals surface area contributed by atoms with E-state index < -0.39 is 0 Å². The minimum Gasteiger partial charge on any atom is -0.461 e. The molecule has 3 nitrogen and oxygen atoms in total. The predicted octanol–water partition coefficient (Wildman–Crippen LogP) is 4.12. The summed E-state index contributed by atoms with van der Waals surface area (Å²) >= 11 is 5.81. The number of halogens is 1. The van der Waals surface area contributed by atoms with E-state index in [9.17, 15) is 4.79 Å². The maximum absolute atomic E-state index is 11.8. The molecule has 2 rings (SSSR count). The van der Waals surface area contributed by atoms with Crippen molar-refractivity contribution >= 4 is 23.3 Å². The zero-order valence-corrected chi connectivity index (χ0v) is 12.8. The smallest absolute Gasteiger partial charge is 0.325 e. The normalized spacial score (nSPS) is 26.1. The van der Waals surface area contributed by atoms with Crippen LogP contribution in [0.4, 0.5) is 5.69 Å². The molecule has 1 aliphatic carbocycles. The van der Waals surface area contributed by atoms with E-state index in [0.717, 1.165) is 30.9 Å². The van der Waals surface area contributed by atoms with Gasteiger partial charge in [0.25, 0.3) is 0 Å². The Kier molecular flexibility index (Phi) is 5.30. The summed E-state index contributed by atoms with van der Waals surface area (Å²) in [6.07, 6.45) is 3.19. The van der Waals surface area contributed by atoms with E-state index in [0.29, 0.717) is 10.9 Å². The van der Waals surface area contributed by atoms with Gasteiger partial charge in [-0.25, -0.2) is 0 Å². The average molecular weight is 296 g/mol. The number of hydrogen-bond donors (Lipinski definition) is 1. The average Bonchev–Trinajstić information content (AvgIpc) is 2.42. The van der Waals surface area contributed by atoms with E-state index in [2.05, 4.69) is 19.2 Å². The molecule has 110 valence electrons. The molecule has 0 spiro atoms. The second-order valence-electron chi connectivity index (χ2n) is 5.74. The first-order chi connectivity index (χ1) is 9.54. The van der Waals surface area contributed by atoms with Crippen LogP contribution in [-0.2, 0) is 9.53 Å². The Labute approximate surface area is 125 Å². The second kappa shape index (κ2) is 6.98. The number of ether oxygens (including phenoxy) is 1. The molecule has 0 heterocycles. The lowest BCUT2D eigenvalue weighted by atomic mass is 9.80. The molecular weight excluding hydrogens is 274 g/mol. The minimum absolute atomic E-state index is 0.0840. The standard InChI is InChI=1S/C16H22ClNO2/c1-11-3-8-15(9-12(11)2)20-16(19)10-18-14-6-4-13(17)5-7-14/h4-7,11-12,15,18H,3,8-10H2,1-2H3. The number of rotatable bonds is 4. The van der Waals surface area contributed by atoms with Crippen molar-refractivity contribution in [2.75, 3.05) is 11.9 Å². The third-order valence-electron chi connectivity index (χ3n) is 4.13. The molecule has 0 bridgehead atoms. The molecule has 0 radical (unpaired) electrons. The summed E-state index contributed by atoms with van der Waals surface area (Å²) in [6.45, 7) is 4.70. The van der Waals surface area contributed by atoms with Crippen molar-refractivity contribution < 1.29 is 9.53 Å². The summed E-state index contributed by atoms with van der Waals surface area (Å²) < 4.78 is 5.53. The first-order valence-electron chi connectivity index (χ1n) is 7.23. The maximum Gasteiger partial charge on any atom is 0.325 e. The van der Waals surface area contributed by atoms with Crippen LogP contribution in [0.1, 0.15) is 33.1 Å². The highest BCUT2D eigenvalue weighted by Crippen LogP contribution is 2.30. The van der Waals surface area contributed by atoms with Crippen LogP contribution in [0, 0.1) is 11.8 Å². The van der Waals surface area contributed by atoms with Gasteiger partial charge in [0, 0.05) is 10.7 Å². The van der Waals surface area contributed by atoms with Crippen LogP contribution in [0.5, 0.6) is 0 Å². The summed E-state index contributed by atoms with van der Waals surface area (Å²) in [5, 5.41) is 3.73. The maximum atomic E-state index is 11.8. The first-order valence-corrected chi connectivity index (χ1v) is 7.61. The molecule has 1 saturated carbocycles. The largest absolute Gasteiger partial charge is 0.461 e. The fourth-order valence-corrected chi connectivity index (χ4v) is 2.70. The van der Waals surface area contributed by atoms with Crippen molar-refractivity contribution in [2.24, 2.45) is 11.8 Å². The molecule has 0 aromatic heterocycles. The lowest BCUT2D eigenvalue weighted by Gasteiger charge is -2.31. The van der Waals surface area contributed by atoms with Crippen molar-refractivity contribution in [3.05, 3.63) is 29.3 Å². The zero-order chi connectivity index (χ0) is 14.5. The number of nitrogens with one attached hydrogen (secondary N) is 1. The van der Waals surface area contributed by atoms with E-state index in [1.807, 2.05) is 12.1 Å². The van der Waals surface area contributed by atoms with Gasteiger partial charge in [0.2, 0.25) is 0 Å². The van der Waals surface area contributed by atoms with Gasteiger partial charge in [-0.15, -0.1) is 0 Å². The summed E-state index contributed by atoms with van der Waals surface area (Å²) in [5.41, 5.74) is 0.872. The van der Waals surface area contributed by atoms with E-state index in [-0.39, 0.29) is 18.6 Å². The number of benzene rings is 1. The monoisotopic (exact) mass is 295 g/mol. The lowest BCUT2D eigenvalue weighted by molar-refractivity contribution is -0.149. The molecule has 1 aromatic carbocycles.